The molecule has 0 aliphatic carbocycles. The van der Waals surface area contributed by atoms with Crippen molar-refractivity contribution < 1.29 is 8.60 Å². The number of nitrogens with two attached hydrogens (primary N) is 1. The van der Waals surface area contributed by atoms with Crippen molar-refractivity contribution in [1.82, 2.24) is 0 Å². The molecule has 5 heteroatoms. The summed E-state index contributed by atoms with van der Waals surface area (Å²) in [7, 11) is -1.05. The van der Waals surface area contributed by atoms with Crippen LogP contribution in [0.15, 0.2) is 18.2 Å². The lowest BCUT2D eigenvalue weighted by Crippen LogP contribution is -2.23. The molecule has 15 heavy (non-hydrogen) atoms. The Labute approximate surface area is 96.1 Å². The Morgan fingerprint density at radius 2 is 2.27 bits per heavy atom. The molecule has 2 nitrogen and oxygen atoms in total. The predicted molar refractivity (Wildman–Crippen MR) is 61.8 cm³/mol. The third-order valence-corrected chi connectivity index (χ3v) is 3.62. The van der Waals surface area contributed by atoms with Gasteiger partial charge in [0.25, 0.3) is 0 Å². The molecule has 0 aliphatic heterocycles. The molecule has 2 unspecified atom stereocenters. The van der Waals surface area contributed by atoms with Crippen LogP contribution in [0.1, 0.15) is 12.5 Å². The maximum atomic E-state index is 13.0. The monoisotopic (exact) mass is 249 g/mol. The predicted octanol–water partition coefficient (Wildman–Crippen LogP) is 2.08. The zero-order valence-electron chi connectivity index (χ0n) is 8.37. The average Bonchev–Trinajstić information content (AvgIpc) is 2.10. The summed E-state index contributed by atoms with van der Waals surface area (Å²) >= 11 is 5.53. The molecular formula is C10H13ClFNOS. The van der Waals surface area contributed by atoms with Gasteiger partial charge in [-0.1, -0.05) is 17.7 Å². The van der Waals surface area contributed by atoms with Gasteiger partial charge in [0, 0.05) is 28.3 Å². The van der Waals surface area contributed by atoms with E-state index in [2.05, 4.69) is 0 Å². The minimum Gasteiger partial charge on any atom is -0.327 e. The number of halogens is 2. The lowest BCUT2D eigenvalue weighted by atomic mass is 10.2. The lowest BCUT2D eigenvalue weighted by Gasteiger charge is -2.05. The second-order valence-corrected chi connectivity index (χ2v) is 5.39. The Bertz CT molecular complexity index is 370. The summed E-state index contributed by atoms with van der Waals surface area (Å²) in [4.78, 5) is 0. The molecule has 84 valence electrons. The molecule has 0 aliphatic rings. The molecule has 0 bridgehead atoms. The summed E-state index contributed by atoms with van der Waals surface area (Å²) in [6, 6.07) is 4.34. The minimum atomic E-state index is -1.05. The summed E-state index contributed by atoms with van der Waals surface area (Å²) in [5.41, 5.74) is 6.19. The van der Waals surface area contributed by atoms with Crippen LogP contribution in [0.4, 0.5) is 4.39 Å². The Balaban J connectivity index is 2.65. The summed E-state index contributed by atoms with van der Waals surface area (Å²) in [6.07, 6.45) is 0. The molecule has 0 aromatic heterocycles. The van der Waals surface area contributed by atoms with E-state index < -0.39 is 16.6 Å². The van der Waals surface area contributed by atoms with Gasteiger partial charge in [0.15, 0.2) is 0 Å². The standard InChI is InChI=1S/C10H13ClFNOS/c1-7(13)5-15(14)6-8-2-3-9(11)10(12)4-8/h2-4,7H,5-6,13H2,1H3. The maximum absolute atomic E-state index is 13.0. The van der Waals surface area contributed by atoms with E-state index in [4.69, 9.17) is 17.3 Å². The number of rotatable bonds is 4. The van der Waals surface area contributed by atoms with Crippen LogP contribution in [0.25, 0.3) is 0 Å². The highest BCUT2D eigenvalue weighted by atomic mass is 35.5. The van der Waals surface area contributed by atoms with Crippen LogP contribution in [0, 0.1) is 5.82 Å². The van der Waals surface area contributed by atoms with E-state index in [9.17, 15) is 8.60 Å². The fourth-order valence-corrected chi connectivity index (χ4v) is 2.54. The van der Waals surface area contributed by atoms with Crippen molar-refractivity contribution >= 4 is 22.4 Å². The van der Waals surface area contributed by atoms with Crippen LogP contribution in [-0.2, 0) is 16.6 Å². The third-order valence-electron chi connectivity index (χ3n) is 1.76. The van der Waals surface area contributed by atoms with E-state index in [1.807, 2.05) is 0 Å². The molecular weight excluding hydrogens is 237 g/mol. The van der Waals surface area contributed by atoms with E-state index in [1.165, 1.54) is 12.1 Å². The minimum absolute atomic E-state index is 0.0803. The Kier molecular flexibility index (Phi) is 4.70. The molecule has 0 fully saturated rings. The average molecular weight is 250 g/mol. The van der Waals surface area contributed by atoms with Gasteiger partial charge < -0.3 is 5.73 Å². The van der Waals surface area contributed by atoms with E-state index >= 15 is 0 Å². The fourth-order valence-electron chi connectivity index (χ4n) is 1.17. The first-order valence-corrected chi connectivity index (χ1v) is 6.40. The molecule has 0 heterocycles. The first-order chi connectivity index (χ1) is 6.99. The van der Waals surface area contributed by atoms with Crippen LogP contribution in [0.5, 0.6) is 0 Å². The molecule has 1 rings (SSSR count). The topological polar surface area (TPSA) is 43.1 Å². The molecule has 2 N–H and O–H groups in total. The van der Waals surface area contributed by atoms with Crippen molar-refractivity contribution in [2.24, 2.45) is 5.73 Å². The summed E-state index contributed by atoms with van der Waals surface area (Å²) in [5, 5.41) is 0.0803. The van der Waals surface area contributed by atoms with Crippen molar-refractivity contribution in [2.45, 2.75) is 18.7 Å². The molecule has 0 saturated heterocycles. The molecule has 0 amide bonds. The van der Waals surface area contributed by atoms with Crippen molar-refractivity contribution in [3.8, 4) is 0 Å². The highest BCUT2D eigenvalue weighted by Gasteiger charge is 2.07. The van der Waals surface area contributed by atoms with Crippen molar-refractivity contribution in [3.63, 3.8) is 0 Å². The van der Waals surface area contributed by atoms with Gasteiger partial charge in [0.1, 0.15) is 5.82 Å². The Hall–Kier alpha value is -0.450. The largest absolute Gasteiger partial charge is 0.327 e. The van der Waals surface area contributed by atoms with Crippen LogP contribution in [0.2, 0.25) is 5.02 Å². The smallest absolute Gasteiger partial charge is 0.142 e. The Morgan fingerprint density at radius 1 is 1.60 bits per heavy atom. The zero-order chi connectivity index (χ0) is 11.4. The van der Waals surface area contributed by atoms with Crippen molar-refractivity contribution in [3.05, 3.63) is 34.6 Å². The molecule has 1 aromatic rings. The number of benzene rings is 1. The second kappa shape index (κ2) is 5.58. The number of hydrogen-bond acceptors (Lipinski definition) is 2. The summed E-state index contributed by atoms with van der Waals surface area (Å²) in [5.74, 6) is 0.256. The molecule has 2 atom stereocenters. The summed E-state index contributed by atoms with van der Waals surface area (Å²) in [6.45, 7) is 1.79. The molecule has 0 radical (unpaired) electrons. The summed E-state index contributed by atoms with van der Waals surface area (Å²) < 4.78 is 24.5. The van der Waals surface area contributed by atoms with Gasteiger partial charge in [-0.25, -0.2) is 4.39 Å². The second-order valence-electron chi connectivity index (χ2n) is 3.48. The van der Waals surface area contributed by atoms with E-state index in [0.717, 1.165) is 0 Å². The first kappa shape index (κ1) is 12.6. The van der Waals surface area contributed by atoms with Crippen LogP contribution in [-0.4, -0.2) is 16.0 Å². The number of hydrogen-bond donors (Lipinski definition) is 1. The normalized spacial score (nSPS) is 14.9. The quantitative estimate of drug-likeness (QED) is 0.888. The van der Waals surface area contributed by atoms with Gasteiger partial charge >= 0.3 is 0 Å². The van der Waals surface area contributed by atoms with Crippen molar-refractivity contribution in [1.29, 1.82) is 0 Å². The lowest BCUT2D eigenvalue weighted by molar-refractivity contribution is 0.626. The molecule has 1 aromatic carbocycles. The fraction of sp³-hybridized carbons (Fsp3) is 0.400. The van der Waals surface area contributed by atoms with E-state index in [1.54, 1.807) is 13.0 Å². The molecule has 0 saturated carbocycles. The van der Waals surface area contributed by atoms with Gasteiger partial charge in [-0.15, -0.1) is 0 Å². The molecule has 0 spiro atoms. The van der Waals surface area contributed by atoms with E-state index in [0.29, 0.717) is 17.1 Å². The highest BCUT2D eigenvalue weighted by Crippen LogP contribution is 2.16. The van der Waals surface area contributed by atoms with Gasteiger partial charge in [-0.3, -0.25) is 4.21 Å². The third kappa shape index (κ3) is 4.28. The van der Waals surface area contributed by atoms with Crippen LogP contribution in [0.3, 0.4) is 0 Å². The van der Waals surface area contributed by atoms with Gasteiger partial charge in [-0.05, 0) is 24.6 Å². The van der Waals surface area contributed by atoms with Gasteiger partial charge in [-0.2, -0.15) is 0 Å². The first-order valence-electron chi connectivity index (χ1n) is 4.53. The zero-order valence-corrected chi connectivity index (χ0v) is 9.95. The van der Waals surface area contributed by atoms with Crippen LogP contribution >= 0.6 is 11.6 Å². The SMILES string of the molecule is CC(N)CS(=O)Cc1ccc(Cl)c(F)c1. The van der Waals surface area contributed by atoms with Gasteiger partial charge in [0.2, 0.25) is 0 Å². The van der Waals surface area contributed by atoms with E-state index in [-0.39, 0.29) is 11.1 Å². The highest BCUT2D eigenvalue weighted by molar-refractivity contribution is 7.84. The Morgan fingerprint density at radius 3 is 2.80 bits per heavy atom. The van der Waals surface area contributed by atoms with Crippen LogP contribution < -0.4 is 5.73 Å². The van der Waals surface area contributed by atoms with Gasteiger partial charge in [0.05, 0.1) is 5.02 Å². The van der Waals surface area contributed by atoms with Crippen molar-refractivity contribution in [2.75, 3.05) is 5.75 Å². The maximum Gasteiger partial charge on any atom is 0.142 e.